The number of sulfonamides is 1. The summed E-state index contributed by atoms with van der Waals surface area (Å²) in [5, 5.41) is 13.0. The predicted molar refractivity (Wildman–Crippen MR) is 54.8 cm³/mol. The molecule has 0 saturated heterocycles. The van der Waals surface area contributed by atoms with E-state index in [0.717, 1.165) is 12.1 Å². The summed E-state index contributed by atoms with van der Waals surface area (Å²) in [5.41, 5.74) is -0.298. The van der Waals surface area contributed by atoms with E-state index in [0.29, 0.717) is 0 Å². The van der Waals surface area contributed by atoms with Gasteiger partial charge in [0.2, 0.25) is 10.0 Å². The average Bonchev–Trinajstić information content (AvgIpc) is 2.06. The molecule has 82 valence electrons. The number of halogens is 2. The lowest BCUT2D eigenvalue weighted by atomic mass is 10.2. The van der Waals surface area contributed by atoms with Crippen molar-refractivity contribution in [3.63, 3.8) is 0 Å². The second-order valence-corrected chi connectivity index (χ2v) is 4.94. The van der Waals surface area contributed by atoms with E-state index < -0.39 is 20.9 Å². The van der Waals surface area contributed by atoms with Crippen molar-refractivity contribution < 1.29 is 18.3 Å². The van der Waals surface area contributed by atoms with Crippen LogP contribution in [0, 0.1) is 0 Å². The molecule has 5 nitrogen and oxygen atoms in total. The average molecular weight is 270 g/mol. The summed E-state index contributed by atoms with van der Waals surface area (Å²) in [5.74, 6) is -1.32. The van der Waals surface area contributed by atoms with Crippen molar-refractivity contribution in [1.82, 2.24) is 0 Å². The maximum atomic E-state index is 11.0. The molecule has 0 fully saturated rings. The molecule has 1 aromatic carbocycles. The number of hydrogen-bond acceptors (Lipinski definition) is 3. The van der Waals surface area contributed by atoms with Crippen LogP contribution in [0.1, 0.15) is 10.4 Å². The molecule has 0 spiro atoms. The van der Waals surface area contributed by atoms with Crippen LogP contribution in [0.5, 0.6) is 0 Å². The normalized spacial score (nSPS) is 11.4. The van der Waals surface area contributed by atoms with E-state index in [-0.39, 0.29) is 15.6 Å². The monoisotopic (exact) mass is 269 g/mol. The molecule has 0 heterocycles. The number of primary sulfonamides is 1. The van der Waals surface area contributed by atoms with Gasteiger partial charge in [-0.3, -0.25) is 0 Å². The van der Waals surface area contributed by atoms with E-state index in [9.17, 15) is 13.2 Å². The van der Waals surface area contributed by atoms with Crippen molar-refractivity contribution in [3.8, 4) is 0 Å². The largest absolute Gasteiger partial charge is 0.478 e. The fourth-order valence-electron chi connectivity index (χ4n) is 0.894. The summed E-state index contributed by atoms with van der Waals surface area (Å²) in [6.45, 7) is 0. The van der Waals surface area contributed by atoms with Gasteiger partial charge < -0.3 is 5.11 Å². The quantitative estimate of drug-likeness (QED) is 0.847. The second-order valence-electron chi connectivity index (χ2n) is 2.62. The molecule has 0 aliphatic heterocycles. The highest BCUT2D eigenvalue weighted by Gasteiger charge is 2.19. The lowest BCUT2D eigenvalue weighted by Gasteiger charge is -2.05. The van der Waals surface area contributed by atoms with E-state index >= 15 is 0 Å². The topological polar surface area (TPSA) is 97.5 Å². The van der Waals surface area contributed by atoms with Gasteiger partial charge >= 0.3 is 5.97 Å². The zero-order valence-corrected chi connectivity index (χ0v) is 9.40. The van der Waals surface area contributed by atoms with Crippen molar-refractivity contribution >= 4 is 39.2 Å². The van der Waals surface area contributed by atoms with Crippen molar-refractivity contribution in [2.45, 2.75) is 4.90 Å². The summed E-state index contributed by atoms with van der Waals surface area (Å²) >= 11 is 11.1. The molecule has 0 bridgehead atoms. The molecule has 8 heteroatoms. The van der Waals surface area contributed by atoms with Gasteiger partial charge in [-0.05, 0) is 12.1 Å². The Balaban J connectivity index is 3.59. The zero-order valence-electron chi connectivity index (χ0n) is 7.07. The van der Waals surface area contributed by atoms with Gasteiger partial charge in [0.25, 0.3) is 0 Å². The highest BCUT2D eigenvalue weighted by Crippen LogP contribution is 2.30. The standard InChI is InChI=1S/C7H5Cl2NO4S/c8-4-1-3(7(11)12)2-5(6(4)9)15(10,13)14/h1-2H,(H,11,12)(H2,10,13,14). The van der Waals surface area contributed by atoms with Crippen LogP contribution >= 0.6 is 23.2 Å². The van der Waals surface area contributed by atoms with Crippen LogP contribution in [0.15, 0.2) is 17.0 Å². The van der Waals surface area contributed by atoms with Gasteiger partial charge in [0.05, 0.1) is 15.6 Å². The van der Waals surface area contributed by atoms with Crippen molar-refractivity contribution in [2.24, 2.45) is 5.14 Å². The number of aromatic carboxylic acids is 1. The maximum absolute atomic E-state index is 11.0. The minimum Gasteiger partial charge on any atom is -0.478 e. The lowest BCUT2D eigenvalue weighted by Crippen LogP contribution is -2.14. The molecule has 0 unspecified atom stereocenters. The van der Waals surface area contributed by atoms with E-state index in [2.05, 4.69) is 0 Å². The van der Waals surface area contributed by atoms with Crippen molar-refractivity contribution in [3.05, 3.63) is 27.7 Å². The van der Waals surface area contributed by atoms with Gasteiger partial charge in [-0.1, -0.05) is 23.2 Å². The molecule has 0 amide bonds. The highest BCUT2D eigenvalue weighted by molar-refractivity contribution is 7.89. The number of carboxylic acid groups (broad SMARTS) is 1. The number of nitrogens with two attached hydrogens (primary N) is 1. The Morgan fingerprint density at radius 2 is 1.87 bits per heavy atom. The minimum absolute atomic E-state index is 0.180. The van der Waals surface area contributed by atoms with Crippen LogP contribution in [0.4, 0.5) is 0 Å². The van der Waals surface area contributed by atoms with Gasteiger partial charge in [0, 0.05) is 0 Å². The van der Waals surface area contributed by atoms with Crippen LogP contribution in [-0.4, -0.2) is 19.5 Å². The van der Waals surface area contributed by atoms with E-state index in [4.69, 9.17) is 33.4 Å². The van der Waals surface area contributed by atoms with Crippen LogP contribution in [0.3, 0.4) is 0 Å². The van der Waals surface area contributed by atoms with Crippen LogP contribution in [0.2, 0.25) is 10.0 Å². The van der Waals surface area contributed by atoms with Crippen molar-refractivity contribution in [1.29, 1.82) is 0 Å². The molecule has 0 aliphatic rings. The Kier molecular flexibility index (Phi) is 3.25. The highest BCUT2D eigenvalue weighted by atomic mass is 35.5. The number of carbonyl (C=O) groups is 1. The summed E-state index contributed by atoms with van der Waals surface area (Å²) in [6.07, 6.45) is 0. The van der Waals surface area contributed by atoms with Gasteiger partial charge in [-0.25, -0.2) is 18.4 Å². The Morgan fingerprint density at radius 1 is 1.33 bits per heavy atom. The first-order valence-corrected chi connectivity index (χ1v) is 5.79. The molecule has 0 aliphatic carbocycles. The number of rotatable bonds is 2. The van der Waals surface area contributed by atoms with Crippen LogP contribution in [0.25, 0.3) is 0 Å². The first kappa shape index (κ1) is 12.3. The fourth-order valence-corrected chi connectivity index (χ4v) is 2.25. The summed E-state index contributed by atoms with van der Waals surface area (Å²) < 4.78 is 22.0. The predicted octanol–water partition coefficient (Wildman–Crippen LogP) is 1.34. The van der Waals surface area contributed by atoms with E-state index in [1.807, 2.05) is 0 Å². The smallest absolute Gasteiger partial charge is 0.335 e. The van der Waals surface area contributed by atoms with Crippen molar-refractivity contribution in [2.75, 3.05) is 0 Å². The minimum atomic E-state index is -4.09. The Labute approximate surface area is 95.5 Å². The molecular weight excluding hydrogens is 265 g/mol. The molecule has 1 aromatic rings. The molecular formula is C7H5Cl2NO4S. The number of hydrogen-bond donors (Lipinski definition) is 2. The Morgan fingerprint density at radius 3 is 2.27 bits per heavy atom. The lowest BCUT2D eigenvalue weighted by molar-refractivity contribution is 0.0696. The third-order valence-electron chi connectivity index (χ3n) is 1.55. The molecule has 15 heavy (non-hydrogen) atoms. The van der Waals surface area contributed by atoms with Gasteiger partial charge in [-0.2, -0.15) is 0 Å². The zero-order chi connectivity index (χ0) is 11.8. The second kappa shape index (κ2) is 3.97. The molecule has 0 aromatic heterocycles. The third kappa shape index (κ3) is 2.60. The number of carboxylic acids is 1. The van der Waals surface area contributed by atoms with Gasteiger partial charge in [0.1, 0.15) is 4.90 Å². The Bertz CT molecular complexity index is 526. The summed E-state index contributed by atoms with van der Waals surface area (Å²) in [6, 6.07) is 1.90. The fraction of sp³-hybridized carbons (Fsp3) is 0. The molecule has 0 saturated carbocycles. The maximum Gasteiger partial charge on any atom is 0.335 e. The molecule has 1 rings (SSSR count). The summed E-state index contributed by atoms with van der Waals surface area (Å²) in [4.78, 5) is 10.1. The number of benzene rings is 1. The van der Waals surface area contributed by atoms with E-state index in [1.54, 1.807) is 0 Å². The first-order valence-electron chi connectivity index (χ1n) is 3.48. The Hall–Kier alpha value is -0.820. The molecule has 0 radical (unpaired) electrons. The third-order valence-corrected chi connectivity index (χ3v) is 3.40. The molecule has 3 N–H and O–H groups in total. The van der Waals surface area contributed by atoms with Gasteiger partial charge in [0.15, 0.2) is 0 Å². The van der Waals surface area contributed by atoms with Crippen LogP contribution in [-0.2, 0) is 10.0 Å². The SMILES string of the molecule is NS(=O)(=O)c1cc(C(=O)O)cc(Cl)c1Cl. The van der Waals surface area contributed by atoms with E-state index in [1.165, 1.54) is 0 Å². The summed E-state index contributed by atoms with van der Waals surface area (Å²) in [7, 11) is -4.09. The molecule has 0 atom stereocenters. The van der Waals surface area contributed by atoms with Gasteiger partial charge in [-0.15, -0.1) is 0 Å². The van der Waals surface area contributed by atoms with Crippen LogP contribution < -0.4 is 5.14 Å². The first-order chi connectivity index (χ1) is 6.73.